The molecule has 23 heavy (non-hydrogen) atoms. The molecule has 1 amide bonds. The lowest BCUT2D eigenvalue weighted by atomic mass is 9.98. The first-order valence-electron chi connectivity index (χ1n) is 8.49. The number of carbonyl (C=O) groups excluding carboxylic acids is 1. The first-order valence-corrected chi connectivity index (χ1v) is 8.49. The number of pyridine rings is 1. The molecule has 6 heteroatoms. The van der Waals surface area contributed by atoms with Crippen molar-refractivity contribution in [2.75, 3.05) is 26.2 Å². The van der Waals surface area contributed by atoms with Gasteiger partial charge in [0.1, 0.15) is 5.82 Å². The molecule has 1 aromatic heterocycles. The maximum Gasteiger partial charge on any atom is 0.275 e. The third-order valence-corrected chi connectivity index (χ3v) is 4.88. The standard InChI is InChI=1S/C17H23F2N3O/c18-13-11-15(19)16(20-12-13)17(23)22-9-2-1-5-14(22)6-10-21-7-3-4-8-21/h11-12,14H,1-10H2/t14-/m1/s1. The van der Waals surface area contributed by atoms with Crippen LogP contribution in [-0.4, -0.2) is 52.9 Å². The van der Waals surface area contributed by atoms with Crippen molar-refractivity contribution in [2.24, 2.45) is 0 Å². The summed E-state index contributed by atoms with van der Waals surface area (Å²) in [6.07, 6.45) is 7.27. The van der Waals surface area contributed by atoms with E-state index in [1.165, 1.54) is 12.8 Å². The minimum Gasteiger partial charge on any atom is -0.334 e. The van der Waals surface area contributed by atoms with E-state index in [0.717, 1.165) is 57.6 Å². The molecule has 0 unspecified atom stereocenters. The molecule has 0 saturated carbocycles. The van der Waals surface area contributed by atoms with Gasteiger partial charge in [-0.2, -0.15) is 0 Å². The van der Waals surface area contributed by atoms with Crippen molar-refractivity contribution in [3.05, 3.63) is 29.6 Å². The van der Waals surface area contributed by atoms with Gasteiger partial charge in [0, 0.05) is 25.2 Å². The Bertz CT molecular complexity index is 561. The van der Waals surface area contributed by atoms with E-state index in [4.69, 9.17) is 0 Å². The Morgan fingerprint density at radius 1 is 1.17 bits per heavy atom. The molecule has 3 heterocycles. The minimum absolute atomic E-state index is 0.128. The van der Waals surface area contributed by atoms with Crippen LogP contribution in [0.1, 0.15) is 49.0 Å². The Hall–Kier alpha value is -1.56. The summed E-state index contributed by atoms with van der Waals surface area (Å²) in [5.74, 6) is -2.05. The van der Waals surface area contributed by atoms with Crippen LogP contribution >= 0.6 is 0 Å². The van der Waals surface area contributed by atoms with Crippen molar-refractivity contribution in [3.63, 3.8) is 0 Å². The Morgan fingerprint density at radius 3 is 2.65 bits per heavy atom. The van der Waals surface area contributed by atoms with Crippen LogP contribution in [0.4, 0.5) is 8.78 Å². The number of nitrogens with zero attached hydrogens (tertiary/aromatic N) is 3. The SMILES string of the molecule is O=C(c1ncc(F)cc1F)N1CCCC[C@@H]1CCN1CCCC1. The Kier molecular flexibility index (Phi) is 5.20. The van der Waals surface area contributed by atoms with Crippen molar-refractivity contribution in [3.8, 4) is 0 Å². The summed E-state index contributed by atoms with van der Waals surface area (Å²) in [6, 6.07) is 0.853. The largest absolute Gasteiger partial charge is 0.334 e. The summed E-state index contributed by atoms with van der Waals surface area (Å²) in [7, 11) is 0. The fraction of sp³-hybridized carbons (Fsp3) is 0.647. The molecule has 0 bridgehead atoms. The average Bonchev–Trinajstić information content (AvgIpc) is 3.06. The number of likely N-dealkylation sites (tertiary alicyclic amines) is 2. The number of piperidine rings is 1. The van der Waals surface area contributed by atoms with E-state index in [-0.39, 0.29) is 11.7 Å². The van der Waals surface area contributed by atoms with Gasteiger partial charge in [-0.15, -0.1) is 0 Å². The highest BCUT2D eigenvalue weighted by molar-refractivity contribution is 5.92. The van der Waals surface area contributed by atoms with Crippen LogP contribution in [0.25, 0.3) is 0 Å². The Balaban J connectivity index is 1.68. The van der Waals surface area contributed by atoms with E-state index in [2.05, 4.69) is 9.88 Å². The number of halogens is 2. The summed E-state index contributed by atoms with van der Waals surface area (Å²) < 4.78 is 26.8. The molecule has 2 fully saturated rings. The predicted molar refractivity (Wildman–Crippen MR) is 83.1 cm³/mol. The second-order valence-electron chi connectivity index (χ2n) is 6.47. The molecular formula is C17H23F2N3O. The molecule has 0 aromatic carbocycles. The number of carbonyl (C=O) groups is 1. The number of amides is 1. The van der Waals surface area contributed by atoms with Crippen molar-refractivity contribution < 1.29 is 13.6 Å². The van der Waals surface area contributed by atoms with Crippen LogP contribution in [0.15, 0.2) is 12.3 Å². The summed E-state index contributed by atoms with van der Waals surface area (Å²) >= 11 is 0. The quantitative estimate of drug-likeness (QED) is 0.855. The van der Waals surface area contributed by atoms with Gasteiger partial charge in [0.15, 0.2) is 11.5 Å². The second-order valence-corrected chi connectivity index (χ2v) is 6.47. The first kappa shape index (κ1) is 16.3. The van der Waals surface area contributed by atoms with Gasteiger partial charge in [-0.05, 0) is 51.6 Å². The Morgan fingerprint density at radius 2 is 1.91 bits per heavy atom. The van der Waals surface area contributed by atoms with Gasteiger partial charge in [0.05, 0.1) is 6.20 Å². The van der Waals surface area contributed by atoms with E-state index >= 15 is 0 Å². The van der Waals surface area contributed by atoms with E-state index in [1.807, 2.05) is 0 Å². The lowest BCUT2D eigenvalue weighted by Crippen LogP contribution is -2.45. The van der Waals surface area contributed by atoms with Crippen LogP contribution in [-0.2, 0) is 0 Å². The molecule has 0 radical (unpaired) electrons. The van der Waals surface area contributed by atoms with Gasteiger partial charge in [0.2, 0.25) is 0 Å². The number of rotatable bonds is 4. The zero-order valence-corrected chi connectivity index (χ0v) is 13.3. The lowest BCUT2D eigenvalue weighted by Gasteiger charge is -2.36. The van der Waals surface area contributed by atoms with Crippen molar-refractivity contribution in [1.29, 1.82) is 0 Å². The van der Waals surface area contributed by atoms with Crippen LogP contribution in [0, 0.1) is 11.6 Å². The maximum atomic E-state index is 13.9. The highest BCUT2D eigenvalue weighted by Gasteiger charge is 2.30. The molecule has 2 saturated heterocycles. The second kappa shape index (κ2) is 7.34. The van der Waals surface area contributed by atoms with Gasteiger partial charge in [-0.25, -0.2) is 13.8 Å². The van der Waals surface area contributed by atoms with Crippen LogP contribution < -0.4 is 0 Å². The van der Waals surface area contributed by atoms with Gasteiger partial charge in [-0.1, -0.05) is 0 Å². The zero-order chi connectivity index (χ0) is 16.2. The Labute approximate surface area is 135 Å². The smallest absolute Gasteiger partial charge is 0.275 e. The third-order valence-electron chi connectivity index (χ3n) is 4.88. The molecule has 4 nitrogen and oxygen atoms in total. The van der Waals surface area contributed by atoms with E-state index in [9.17, 15) is 13.6 Å². The number of hydrogen-bond acceptors (Lipinski definition) is 3. The molecule has 2 aliphatic rings. The summed E-state index contributed by atoms with van der Waals surface area (Å²) in [5, 5.41) is 0. The van der Waals surface area contributed by atoms with Crippen molar-refractivity contribution >= 4 is 5.91 Å². The van der Waals surface area contributed by atoms with Gasteiger partial charge < -0.3 is 9.80 Å². The third kappa shape index (κ3) is 3.86. The molecular weight excluding hydrogens is 300 g/mol. The van der Waals surface area contributed by atoms with Gasteiger partial charge in [0.25, 0.3) is 5.91 Å². The molecule has 0 N–H and O–H groups in total. The van der Waals surface area contributed by atoms with Crippen LogP contribution in [0.3, 0.4) is 0 Å². The van der Waals surface area contributed by atoms with Crippen molar-refractivity contribution in [1.82, 2.24) is 14.8 Å². The maximum absolute atomic E-state index is 13.9. The van der Waals surface area contributed by atoms with E-state index in [1.54, 1.807) is 4.90 Å². The average molecular weight is 323 g/mol. The fourth-order valence-electron chi connectivity index (χ4n) is 3.61. The first-order chi connectivity index (χ1) is 11.1. The lowest BCUT2D eigenvalue weighted by molar-refractivity contribution is 0.0576. The summed E-state index contributed by atoms with van der Waals surface area (Å²) in [4.78, 5) is 20.5. The molecule has 3 rings (SSSR count). The normalized spacial score (nSPS) is 22.5. The predicted octanol–water partition coefficient (Wildman–Crippen LogP) is 2.84. The van der Waals surface area contributed by atoms with Gasteiger partial charge in [-0.3, -0.25) is 4.79 Å². The molecule has 0 aliphatic carbocycles. The van der Waals surface area contributed by atoms with Gasteiger partial charge >= 0.3 is 0 Å². The molecule has 1 atom stereocenters. The number of aromatic nitrogens is 1. The highest BCUT2D eigenvalue weighted by atomic mass is 19.1. The topological polar surface area (TPSA) is 36.4 Å². The molecule has 0 spiro atoms. The van der Waals surface area contributed by atoms with Crippen molar-refractivity contribution in [2.45, 2.75) is 44.6 Å². The molecule has 1 aromatic rings. The van der Waals surface area contributed by atoms with E-state index in [0.29, 0.717) is 6.54 Å². The molecule has 2 aliphatic heterocycles. The highest BCUT2D eigenvalue weighted by Crippen LogP contribution is 2.23. The zero-order valence-electron chi connectivity index (χ0n) is 13.3. The van der Waals surface area contributed by atoms with Crippen LogP contribution in [0.5, 0.6) is 0 Å². The summed E-state index contributed by atoms with van der Waals surface area (Å²) in [5.41, 5.74) is -0.264. The van der Waals surface area contributed by atoms with E-state index < -0.39 is 17.5 Å². The number of hydrogen-bond donors (Lipinski definition) is 0. The summed E-state index contributed by atoms with van der Waals surface area (Å²) in [6.45, 7) is 3.87. The minimum atomic E-state index is -0.876. The molecule has 126 valence electrons. The monoisotopic (exact) mass is 323 g/mol. The fourth-order valence-corrected chi connectivity index (χ4v) is 3.61. The van der Waals surface area contributed by atoms with Crippen LogP contribution in [0.2, 0.25) is 0 Å².